The van der Waals surface area contributed by atoms with Gasteiger partial charge in [0.2, 0.25) is 11.8 Å². The molecule has 0 saturated heterocycles. The van der Waals surface area contributed by atoms with Crippen LogP contribution in [0.2, 0.25) is 0 Å². The van der Waals surface area contributed by atoms with E-state index in [4.69, 9.17) is 5.73 Å². The number of rotatable bonds is 5. The van der Waals surface area contributed by atoms with E-state index in [2.05, 4.69) is 5.32 Å². The number of nitrogens with one attached hydrogen (secondary N) is 1. The second-order valence-corrected chi connectivity index (χ2v) is 3.32. The molecule has 0 aliphatic rings. The Morgan fingerprint density at radius 3 is 2.50 bits per heavy atom. The van der Waals surface area contributed by atoms with Gasteiger partial charge in [0.05, 0.1) is 0 Å². The molecule has 0 fully saturated rings. The zero-order valence-corrected chi connectivity index (χ0v) is 8.74. The molecule has 0 spiro atoms. The van der Waals surface area contributed by atoms with Crippen molar-refractivity contribution < 1.29 is 15.0 Å². The van der Waals surface area contributed by atoms with Gasteiger partial charge in [-0.3, -0.25) is 10.1 Å². The van der Waals surface area contributed by atoms with Gasteiger partial charge in [-0.05, 0) is 13.8 Å². The molecule has 0 aromatic heterocycles. The predicted molar refractivity (Wildman–Crippen MR) is 53.0 cm³/mol. The van der Waals surface area contributed by atoms with Crippen molar-refractivity contribution in [1.82, 2.24) is 5.32 Å². The van der Waals surface area contributed by atoms with Gasteiger partial charge in [-0.15, -0.1) is 0 Å². The minimum Gasteiger partial charge on any atom is -0.366 e. The van der Waals surface area contributed by atoms with Crippen molar-refractivity contribution >= 4 is 5.91 Å². The van der Waals surface area contributed by atoms with E-state index in [0.29, 0.717) is 5.57 Å². The molecule has 0 aromatic carbocycles. The summed E-state index contributed by atoms with van der Waals surface area (Å²) in [6.07, 6.45) is 1.69. The van der Waals surface area contributed by atoms with Crippen LogP contribution in [0, 0.1) is 0 Å². The van der Waals surface area contributed by atoms with Crippen LogP contribution in [0.3, 0.4) is 0 Å². The van der Waals surface area contributed by atoms with Crippen LogP contribution in [0.25, 0.3) is 0 Å². The molecule has 0 heterocycles. The van der Waals surface area contributed by atoms with Crippen molar-refractivity contribution in [2.75, 3.05) is 0 Å². The summed E-state index contributed by atoms with van der Waals surface area (Å²) in [5.41, 5.74) is 5.41. The summed E-state index contributed by atoms with van der Waals surface area (Å²) in [4.78, 5) is 10.7. The molecule has 1 amide bonds. The Bertz CT molecular complexity index is 236. The van der Waals surface area contributed by atoms with Crippen LogP contribution in [-0.4, -0.2) is 28.1 Å². The Labute approximate surface area is 83.6 Å². The number of amides is 1. The molecule has 5 nitrogen and oxygen atoms in total. The summed E-state index contributed by atoms with van der Waals surface area (Å²) < 4.78 is 0. The smallest absolute Gasteiger partial charge is 0.244 e. The summed E-state index contributed by atoms with van der Waals surface area (Å²) in [7, 11) is 0. The first-order valence-electron chi connectivity index (χ1n) is 4.49. The minimum atomic E-state index is -1.91. The van der Waals surface area contributed by atoms with Gasteiger partial charge < -0.3 is 15.9 Å². The first-order valence-corrected chi connectivity index (χ1v) is 4.49. The highest BCUT2D eigenvalue weighted by Gasteiger charge is 2.21. The van der Waals surface area contributed by atoms with Gasteiger partial charge in [-0.2, -0.15) is 0 Å². The zero-order valence-electron chi connectivity index (χ0n) is 8.74. The summed E-state index contributed by atoms with van der Waals surface area (Å²) in [5, 5.41) is 21.0. The van der Waals surface area contributed by atoms with E-state index in [1.54, 1.807) is 26.8 Å². The van der Waals surface area contributed by atoms with Crippen LogP contribution in [0.4, 0.5) is 0 Å². The number of hydrogen-bond donors (Lipinski definition) is 4. The average Bonchev–Trinajstić information content (AvgIpc) is 2.02. The van der Waals surface area contributed by atoms with Crippen LogP contribution < -0.4 is 11.1 Å². The van der Waals surface area contributed by atoms with Crippen LogP contribution in [0.1, 0.15) is 27.2 Å². The van der Waals surface area contributed by atoms with Gasteiger partial charge in [0.1, 0.15) is 0 Å². The van der Waals surface area contributed by atoms with Crippen LogP contribution in [-0.2, 0) is 4.79 Å². The molecule has 5 N–H and O–H groups in total. The van der Waals surface area contributed by atoms with E-state index in [1.807, 2.05) is 0 Å². The maximum Gasteiger partial charge on any atom is 0.244 e. The number of nitrogens with two attached hydrogens (primary N) is 1. The molecule has 82 valence electrons. The largest absolute Gasteiger partial charge is 0.366 e. The number of aliphatic hydroxyl groups is 2. The topological polar surface area (TPSA) is 95.6 Å². The summed E-state index contributed by atoms with van der Waals surface area (Å²) >= 11 is 0. The van der Waals surface area contributed by atoms with E-state index in [-0.39, 0.29) is 12.5 Å². The summed E-state index contributed by atoms with van der Waals surface area (Å²) in [5.74, 6) is -2.43. The predicted octanol–water partition coefficient (Wildman–Crippen LogP) is -0.555. The molecular weight excluding hydrogens is 184 g/mol. The lowest BCUT2D eigenvalue weighted by atomic mass is 10.2. The maximum atomic E-state index is 10.7. The SMILES string of the molecule is CCC(O)(O)NC(C)/C=C(\C)C(N)=O. The number of carbonyl (C=O) groups excluding carboxylic acids is 1. The molecule has 0 aromatic rings. The fraction of sp³-hybridized carbons (Fsp3) is 0.667. The molecule has 1 unspecified atom stereocenters. The first kappa shape index (κ1) is 13.1. The standard InChI is InChI=1S/C9H18N2O3/c1-4-9(13,14)11-7(3)5-6(2)8(10)12/h5,7,11,13-14H,4H2,1-3H3,(H2,10,12)/b6-5+. The maximum absolute atomic E-state index is 10.7. The first-order chi connectivity index (χ1) is 6.28. The fourth-order valence-corrected chi connectivity index (χ4v) is 0.965. The Balaban J connectivity index is 4.30. The van der Waals surface area contributed by atoms with Gasteiger partial charge in [0.25, 0.3) is 0 Å². The van der Waals surface area contributed by atoms with Crippen LogP contribution >= 0.6 is 0 Å². The molecule has 0 aliphatic heterocycles. The van der Waals surface area contributed by atoms with Gasteiger partial charge in [-0.1, -0.05) is 13.0 Å². The number of hydrogen-bond acceptors (Lipinski definition) is 4. The molecule has 0 rings (SSSR count). The minimum absolute atomic E-state index is 0.154. The van der Waals surface area contributed by atoms with Crippen molar-refractivity contribution in [3.8, 4) is 0 Å². The monoisotopic (exact) mass is 202 g/mol. The lowest BCUT2D eigenvalue weighted by Gasteiger charge is -2.24. The van der Waals surface area contributed by atoms with Crippen molar-refractivity contribution in [1.29, 1.82) is 0 Å². The lowest BCUT2D eigenvalue weighted by molar-refractivity contribution is -0.189. The van der Waals surface area contributed by atoms with Crippen molar-refractivity contribution in [2.24, 2.45) is 5.73 Å². The van der Waals surface area contributed by atoms with E-state index < -0.39 is 11.8 Å². The van der Waals surface area contributed by atoms with Crippen LogP contribution in [0.5, 0.6) is 0 Å². The van der Waals surface area contributed by atoms with Crippen LogP contribution in [0.15, 0.2) is 11.6 Å². The van der Waals surface area contributed by atoms with Gasteiger partial charge in [0.15, 0.2) is 0 Å². The van der Waals surface area contributed by atoms with Crippen molar-refractivity contribution in [2.45, 2.75) is 39.1 Å². The highest BCUT2D eigenvalue weighted by atomic mass is 16.5. The fourth-order valence-electron chi connectivity index (χ4n) is 0.965. The average molecular weight is 202 g/mol. The molecule has 14 heavy (non-hydrogen) atoms. The Hall–Kier alpha value is -0.910. The third-order valence-electron chi connectivity index (χ3n) is 1.84. The van der Waals surface area contributed by atoms with E-state index in [9.17, 15) is 15.0 Å². The van der Waals surface area contributed by atoms with Gasteiger partial charge in [-0.25, -0.2) is 0 Å². The highest BCUT2D eigenvalue weighted by Crippen LogP contribution is 2.03. The second-order valence-electron chi connectivity index (χ2n) is 3.32. The zero-order chi connectivity index (χ0) is 11.4. The second kappa shape index (κ2) is 5.09. The quantitative estimate of drug-likeness (QED) is 0.355. The summed E-state index contributed by atoms with van der Waals surface area (Å²) in [6, 6.07) is -0.336. The van der Waals surface area contributed by atoms with Gasteiger partial charge >= 0.3 is 0 Å². The molecule has 0 saturated carbocycles. The summed E-state index contributed by atoms with van der Waals surface area (Å²) in [6.45, 7) is 4.90. The molecule has 0 aliphatic carbocycles. The Morgan fingerprint density at radius 2 is 2.14 bits per heavy atom. The highest BCUT2D eigenvalue weighted by molar-refractivity contribution is 5.91. The third-order valence-corrected chi connectivity index (χ3v) is 1.84. The normalized spacial score (nSPS) is 15.4. The van der Waals surface area contributed by atoms with E-state index in [0.717, 1.165) is 0 Å². The molecule has 0 radical (unpaired) electrons. The van der Waals surface area contributed by atoms with Crippen molar-refractivity contribution in [3.63, 3.8) is 0 Å². The van der Waals surface area contributed by atoms with Crippen molar-refractivity contribution in [3.05, 3.63) is 11.6 Å². The molecule has 0 bridgehead atoms. The molecule has 1 atom stereocenters. The Kier molecular flexibility index (Phi) is 4.76. The molecular formula is C9H18N2O3. The van der Waals surface area contributed by atoms with E-state index >= 15 is 0 Å². The number of primary amides is 1. The lowest BCUT2D eigenvalue weighted by Crippen LogP contribution is -2.48. The Morgan fingerprint density at radius 1 is 1.64 bits per heavy atom. The van der Waals surface area contributed by atoms with Gasteiger partial charge in [0, 0.05) is 18.0 Å². The van der Waals surface area contributed by atoms with E-state index in [1.165, 1.54) is 0 Å². The number of carbonyl (C=O) groups is 1. The third kappa shape index (κ3) is 4.96. The molecule has 5 heteroatoms.